The number of nitrogens with zero attached hydrogens (tertiary/aromatic N) is 1. The van der Waals surface area contributed by atoms with Crippen molar-refractivity contribution in [2.24, 2.45) is 0 Å². The average molecular weight is 317 g/mol. The maximum Gasteiger partial charge on any atom is 0.335 e. The molecular formula is C15H9ClN2O4. The van der Waals surface area contributed by atoms with Crippen molar-refractivity contribution in [1.29, 1.82) is 0 Å². The Bertz CT molecular complexity index is 796. The highest BCUT2D eigenvalue weighted by molar-refractivity contribution is 6.42. The third kappa shape index (κ3) is 2.40. The zero-order valence-corrected chi connectivity index (χ0v) is 11.8. The van der Waals surface area contributed by atoms with E-state index in [4.69, 9.17) is 16.0 Å². The van der Waals surface area contributed by atoms with Crippen LogP contribution in [0.25, 0.3) is 6.08 Å². The molecular weight excluding hydrogens is 308 g/mol. The van der Waals surface area contributed by atoms with Gasteiger partial charge >= 0.3 is 6.03 Å². The molecule has 1 N–H and O–H groups in total. The minimum atomic E-state index is -0.848. The first-order valence-electron chi connectivity index (χ1n) is 6.27. The van der Waals surface area contributed by atoms with Gasteiger partial charge in [-0.2, -0.15) is 0 Å². The van der Waals surface area contributed by atoms with Crippen LogP contribution >= 0.6 is 11.6 Å². The highest BCUT2D eigenvalue weighted by Crippen LogP contribution is 2.28. The maximum absolute atomic E-state index is 12.5. The number of para-hydroxylation sites is 1. The number of benzene rings is 1. The van der Waals surface area contributed by atoms with Gasteiger partial charge in [-0.1, -0.05) is 23.7 Å². The summed E-state index contributed by atoms with van der Waals surface area (Å²) in [6, 6.07) is 8.72. The summed E-state index contributed by atoms with van der Waals surface area (Å²) in [4.78, 5) is 37.2. The number of nitrogens with one attached hydrogen (secondary N) is 1. The first-order chi connectivity index (χ1) is 10.6. The summed E-state index contributed by atoms with van der Waals surface area (Å²) >= 11 is 6.02. The quantitative estimate of drug-likeness (QED) is 0.682. The topological polar surface area (TPSA) is 79.6 Å². The van der Waals surface area contributed by atoms with Crippen LogP contribution in [0.4, 0.5) is 10.5 Å². The summed E-state index contributed by atoms with van der Waals surface area (Å²) in [5, 5.41) is 2.33. The molecule has 3 rings (SSSR count). The van der Waals surface area contributed by atoms with Crippen molar-refractivity contribution in [2.45, 2.75) is 0 Å². The molecule has 0 radical (unpaired) electrons. The molecule has 1 fully saturated rings. The number of hydrogen-bond acceptors (Lipinski definition) is 4. The molecule has 1 saturated heterocycles. The lowest BCUT2D eigenvalue weighted by molar-refractivity contribution is -0.122. The fourth-order valence-corrected chi connectivity index (χ4v) is 2.25. The van der Waals surface area contributed by atoms with E-state index in [2.05, 4.69) is 5.32 Å². The third-order valence-electron chi connectivity index (χ3n) is 3.02. The highest BCUT2D eigenvalue weighted by atomic mass is 35.5. The molecule has 2 aromatic rings. The molecule has 7 heteroatoms. The lowest BCUT2D eigenvalue weighted by atomic mass is 10.1. The monoisotopic (exact) mass is 316 g/mol. The van der Waals surface area contributed by atoms with Gasteiger partial charge in [0.25, 0.3) is 11.8 Å². The number of barbiturate groups is 1. The standard InChI is InChI=1S/C15H9ClN2O4/c16-11-5-1-2-6-12(11)18-14(20)10(13(19)17-15(18)21)8-9-4-3-7-22-9/h1-8H,(H,17,19,21)/b10-8+. The van der Waals surface area contributed by atoms with Gasteiger partial charge < -0.3 is 4.42 Å². The normalized spacial score (nSPS) is 17.0. The number of anilines is 1. The molecule has 0 spiro atoms. The Balaban J connectivity index is 2.05. The van der Waals surface area contributed by atoms with Gasteiger partial charge in [0.2, 0.25) is 0 Å². The fraction of sp³-hybridized carbons (Fsp3) is 0. The molecule has 6 nitrogen and oxygen atoms in total. The molecule has 1 aliphatic heterocycles. The minimum absolute atomic E-state index is 0.199. The number of hydrogen-bond donors (Lipinski definition) is 1. The van der Waals surface area contributed by atoms with Gasteiger partial charge in [0.05, 0.1) is 17.0 Å². The van der Waals surface area contributed by atoms with Crippen molar-refractivity contribution in [3.05, 3.63) is 59.0 Å². The third-order valence-corrected chi connectivity index (χ3v) is 3.34. The lowest BCUT2D eigenvalue weighted by Crippen LogP contribution is -2.54. The Hall–Kier alpha value is -2.86. The molecule has 0 saturated carbocycles. The average Bonchev–Trinajstić information content (AvgIpc) is 2.98. The Morgan fingerprint density at radius 1 is 1.09 bits per heavy atom. The van der Waals surface area contributed by atoms with Crippen LogP contribution < -0.4 is 10.2 Å². The smallest absolute Gasteiger partial charge is 0.335 e. The van der Waals surface area contributed by atoms with E-state index in [0.29, 0.717) is 5.76 Å². The van der Waals surface area contributed by atoms with Crippen molar-refractivity contribution >= 4 is 41.2 Å². The van der Waals surface area contributed by atoms with Gasteiger partial charge in [0, 0.05) is 0 Å². The van der Waals surface area contributed by atoms with E-state index in [9.17, 15) is 14.4 Å². The number of urea groups is 1. The van der Waals surface area contributed by atoms with E-state index < -0.39 is 17.8 Å². The number of imide groups is 2. The number of carbonyl (C=O) groups is 3. The number of halogens is 1. The summed E-state index contributed by atoms with van der Waals surface area (Å²) in [7, 11) is 0. The van der Waals surface area contributed by atoms with Crippen LogP contribution in [0.15, 0.2) is 52.7 Å². The van der Waals surface area contributed by atoms with Crippen LogP contribution in [-0.2, 0) is 9.59 Å². The Morgan fingerprint density at radius 2 is 1.86 bits per heavy atom. The molecule has 22 heavy (non-hydrogen) atoms. The number of amides is 4. The van der Waals surface area contributed by atoms with E-state index in [0.717, 1.165) is 4.90 Å². The lowest BCUT2D eigenvalue weighted by Gasteiger charge is -2.26. The zero-order valence-electron chi connectivity index (χ0n) is 11.1. The predicted octanol–water partition coefficient (Wildman–Crippen LogP) is 2.60. The summed E-state index contributed by atoms with van der Waals surface area (Å²) < 4.78 is 5.09. The summed E-state index contributed by atoms with van der Waals surface area (Å²) in [6.45, 7) is 0. The van der Waals surface area contributed by atoms with Crippen molar-refractivity contribution < 1.29 is 18.8 Å². The van der Waals surface area contributed by atoms with Crippen LogP contribution in [0.3, 0.4) is 0 Å². The van der Waals surface area contributed by atoms with Gasteiger partial charge in [-0.05, 0) is 30.3 Å². The van der Waals surface area contributed by atoms with E-state index in [1.165, 1.54) is 18.4 Å². The van der Waals surface area contributed by atoms with E-state index in [1.807, 2.05) is 0 Å². The molecule has 0 atom stereocenters. The number of furan rings is 1. The zero-order chi connectivity index (χ0) is 15.7. The second-order valence-corrected chi connectivity index (χ2v) is 4.83. The number of rotatable bonds is 2. The van der Waals surface area contributed by atoms with Gasteiger partial charge in [0.15, 0.2) is 0 Å². The fourth-order valence-electron chi connectivity index (χ4n) is 2.02. The molecule has 2 heterocycles. The van der Waals surface area contributed by atoms with Gasteiger partial charge in [0.1, 0.15) is 11.3 Å². The van der Waals surface area contributed by atoms with Crippen LogP contribution in [-0.4, -0.2) is 17.8 Å². The molecule has 0 unspecified atom stereocenters. The number of carbonyl (C=O) groups excluding carboxylic acids is 3. The maximum atomic E-state index is 12.5. The predicted molar refractivity (Wildman–Crippen MR) is 79.2 cm³/mol. The molecule has 0 bridgehead atoms. The summed E-state index contributed by atoms with van der Waals surface area (Å²) in [6.07, 6.45) is 2.68. The van der Waals surface area contributed by atoms with Gasteiger partial charge in [-0.25, -0.2) is 9.69 Å². The first-order valence-corrected chi connectivity index (χ1v) is 6.65. The molecule has 1 aromatic heterocycles. The van der Waals surface area contributed by atoms with Crippen molar-refractivity contribution in [1.82, 2.24) is 5.32 Å². The van der Waals surface area contributed by atoms with Crippen molar-refractivity contribution in [3.8, 4) is 0 Å². The Kier molecular flexibility index (Phi) is 3.52. The first kappa shape index (κ1) is 14.1. The molecule has 0 aliphatic carbocycles. The van der Waals surface area contributed by atoms with Crippen molar-refractivity contribution in [3.63, 3.8) is 0 Å². The van der Waals surface area contributed by atoms with Crippen LogP contribution in [0.1, 0.15) is 5.76 Å². The molecule has 4 amide bonds. The molecule has 110 valence electrons. The van der Waals surface area contributed by atoms with Crippen molar-refractivity contribution in [2.75, 3.05) is 4.90 Å². The van der Waals surface area contributed by atoms with E-state index >= 15 is 0 Å². The van der Waals surface area contributed by atoms with E-state index in [-0.39, 0.29) is 16.3 Å². The Morgan fingerprint density at radius 3 is 2.55 bits per heavy atom. The van der Waals surface area contributed by atoms with Gasteiger partial charge in [-0.15, -0.1) is 0 Å². The minimum Gasteiger partial charge on any atom is -0.465 e. The van der Waals surface area contributed by atoms with Crippen LogP contribution in [0, 0.1) is 0 Å². The second-order valence-electron chi connectivity index (χ2n) is 4.42. The van der Waals surface area contributed by atoms with Gasteiger partial charge in [-0.3, -0.25) is 14.9 Å². The van der Waals surface area contributed by atoms with E-state index in [1.54, 1.807) is 30.3 Å². The Labute approximate surface area is 130 Å². The molecule has 1 aromatic carbocycles. The SMILES string of the molecule is O=C1NC(=O)N(c2ccccc2Cl)C(=O)/C1=C/c1ccco1. The van der Waals surface area contributed by atoms with Crippen LogP contribution in [0.5, 0.6) is 0 Å². The van der Waals surface area contributed by atoms with Crippen LogP contribution in [0.2, 0.25) is 5.02 Å². The largest absolute Gasteiger partial charge is 0.465 e. The summed E-state index contributed by atoms with van der Waals surface area (Å²) in [5.41, 5.74) is -0.0148. The second kappa shape index (κ2) is 5.50. The highest BCUT2D eigenvalue weighted by Gasteiger charge is 2.37. The molecule has 1 aliphatic rings. The summed E-state index contributed by atoms with van der Waals surface area (Å²) in [5.74, 6) is -1.22.